The number of alkyl halides is 1. The molecule has 0 spiro atoms. The molecule has 0 aromatic heterocycles. The summed E-state index contributed by atoms with van der Waals surface area (Å²) in [4.78, 5) is 11.6. The maximum absolute atomic E-state index is 11.6. The lowest BCUT2D eigenvalue weighted by Crippen LogP contribution is -2.26. The van der Waals surface area contributed by atoms with Crippen LogP contribution in [-0.2, 0) is 4.79 Å². The third-order valence-corrected chi connectivity index (χ3v) is 3.31. The highest BCUT2D eigenvalue weighted by Crippen LogP contribution is 2.17. The second kappa shape index (κ2) is 7.72. The van der Waals surface area contributed by atoms with E-state index in [1.54, 1.807) is 0 Å². The lowest BCUT2D eigenvalue weighted by atomic mass is 10.1. The van der Waals surface area contributed by atoms with Crippen molar-refractivity contribution < 1.29 is 4.79 Å². The predicted octanol–water partition coefficient (Wildman–Crippen LogP) is 4.08. The first-order valence-electron chi connectivity index (χ1n) is 5.74. The molecule has 0 aliphatic heterocycles. The zero-order valence-electron chi connectivity index (χ0n) is 9.88. The standard InChI is InChI=1S/C13H17BrClNO/c1-10(11-5-4-6-12(15)9-11)16-13(17)7-2-3-8-14/h4-6,9-10H,2-3,7-8H2,1H3,(H,16,17)/t10-/m1/s1. The van der Waals surface area contributed by atoms with Gasteiger partial charge in [0.15, 0.2) is 0 Å². The summed E-state index contributed by atoms with van der Waals surface area (Å²) in [5, 5.41) is 4.62. The number of hydrogen-bond acceptors (Lipinski definition) is 1. The van der Waals surface area contributed by atoms with Crippen LogP contribution in [-0.4, -0.2) is 11.2 Å². The van der Waals surface area contributed by atoms with E-state index in [2.05, 4.69) is 21.2 Å². The molecular formula is C13H17BrClNO. The second-order valence-corrected chi connectivity index (χ2v) is 5.22. The summed E-state index contributed by atoms with van der Waals surface area (Å²) < 4.78 is 0. The highest BCUT2D eigenvalue weighted by molar-refractivity contribution is 9.09. The zero-order chi connectivity index (χ0) is 12.7. The molecule has 1 amide bonds. The molecule has 0 saturated carbocycles. The van der Waals surface area contributed by atoms with Crippen LogP contribution in [0.2, 0.25) is 5.02 Å². The average molecular weight is 319 g/mol. The first-order chi connectivity index (χ1) is 8.13. The highest BCUT2D eigenvalue weighted by Gasteiger charge is 2.09. The first-order valence-corrected chi connectivity index (χ1v) is 7.24. The van der Waals surface area contributed by atoms with Gasteiger partial charge in [0.25, 0.3) is 0 Å². The Bertz CT molecular complexity index is 370. The molecule has 0 unspecified atom stereocenters. The summed E-state index contributed by atoms with van der Waals surface area (Å²) in [6.45, 7) is 1.97. The lowest BCUT2D eigenvalue weighted by Gasteiger charge is -2.14. The molecule has 0 bridgehead atoms. The predicted molar refractivity (Wildman–Crippen MR) is 75.7 cm³/mol. The molecule has 0 aliphatic rings. The molecule has 0 fully saturated rings. The van der Waals surface area contributed by atoms with Crippen LogP contribution in [0.15, 0.2) is 24.3 Å². The van der Waals surface area contributed by atoms with Gasteiger partial charge in [0.05, 0.1) is 6.04 Å². The Labute approximate surface area is 116 Å². The van der Waals surface area contributed by atoms with Gasteiger partial charge in [-0.1, -0.05) is 39.7 Å². The Balaban J connectivity index is 2.43. The fourth-order valence-corrected chi connectivity index (χ4v) is 2.15. The second-order valence-electron chi connectivity index (χ2n) is 3.99. The van der Waals surface area contributed by atoms with E-state index in [0.29, 0.717) is 11.4 Å². The van der Waals surface area contributed by atoms with Crippen molar-refractivity contribution in [1.82, 2.24) is 5.32 Å². The molecule has 1 atom stereocenters. The van der Waals surface area contributed by atoms with Gasteiger partial charge < -0.3 is 5.32 Å². The number of rotatable bonds is 6. The molecular weight excluding hydrogens is 302 g/mol. The maximum Gasteiger partial charge on any atom is 0.220 e. The minimum atomic E-state index is 0.00479. The highest BCUT2D eigenvalue weighted by atomic mass is 79.9. The van der Waals surface area contributed by atoms with Gasteiger partial charge >= 0.3 is 0 Å². The summed E-state index contributed by atoms with van der Waals surface area (Å²) in [6, 6.07) is 7.58. The van der Waals surface area contributed by atoms with Gasteiger partial charge in [0.2, 0.25) is 5.91 Å². The molecule has 17 heavy (non-hydrogen) atoms. The van der Waals surface area contributed by atoms with Gasteiger partial charge in [-0.3, -0.25) is 4.79 Å². The smallest absolute Gasteiger partial charge is 0.220 e. The van der Waals surface area contributed by atoms with E-state index in [1.807, 2.05) is 31.2 Å². The topological polar surface area (TPSA) is 29.1 Å². The van der Waals surface area contributed by atoms with E-state index < -0.39 is 0 Å². The summed E-state index contributed by atoms with van der Waals surface area (Å²) in [5.41, 5.74) is 1.03. The molecule has 0 radical (unpaired) electrons. The molecule has 1 rings (SSSR count). The molecule has 2 nitrogen and oxygen atoms in total. The van der Waals surface area contributed by atoms with Gasteiger partial charge in [0.1, 0.15) is 0 Å². The summed E-state index contributed by atoms with van der Waals surface area (Å²) in [5.74, 6) is 0.0958. The van der Waals surface area contributed by atoms with Crippen LogP contribution < -0.4 is 5.32 Å². The molecule has 0 saturated heterocycles. The fourth-order valence-electron chi connectivity index (χ4n) is 1.55. The number of halogens is 2. The fraction of sp³-hybridized carbons (Fsp3) is 0.462. The molecule has 1 aromatic rings. The van der Waals surface area contributed by atoms with E-state index in [4.69, 9.17) is 11.6 Å². The van der Waals surface area contributed by atoms with Gasteiger partial charge in [0, 0.05) is 16.8 Å². The number of unbranched alkanes of at least 4 members (excludes halogenated alkanes) is 1. The van der Waals surface area contributed by atoms with Gasteiger partial charge in [-0.2, -0.15) is 0 Å². The monoisotopic (exact) mass is 317 g/mol. The van der Waals surface area contributed by atoms with Crippen LogP contribution in [0, 0.1) is 0 Å². The van der Waals surface area contributed by atoms with Crippen molar-refractivity contribution >= 4 is 33.4 Å². The first kappa shape index (κ1) is 14.5. The number of carbonyl (C=O) groups excluding carboxylic acids is 1. The summed E-state index contributed by atoms with van der Waals surface area (Å²) in [7, 11) is 0. The Morgan fingerprint density at radius 2 is 2.24 bits per heavy atom. The van der Waals surface area contributed by atoms with Crippen LogP contribution in [0.25, 0.3) is 0 Å². The van der Waals surface area contributed by atoms with Crippen LogP contribution in [0.5, 0.6) is 0 Å². The minimum absolute atomic E-state index is 0.00479. The largest absolute Gasteiger partial charge is 0.350 e. The van der Waals surface area contributed by atoms with E-state index in [1.165, 1.54) is 0 Å². The third-order valence-electron chi connectivity index (χ3n) is 2.51. The van der Waals surface area contributed by atoms with Crippen LogP contribution >= 0.6 is 27.5 Å². The number of carbonyl (C=O) groups is 1. The number of hydrogen-bond donors (Lipinski definition) is 1. The molecule has 1 N–H and O–H groups in total. The SMILES string of the molecule is C[C@@H](NC(=O)CCCCBr)c1cccc(Cl)c1. The van der Waals surface area contributed by atoms with Gasteiger partial charge in [-0.15, -0.1) is 0 Å². The number of benzene rings is 1. The van der Waals surface area contributed by atoms with Crippen molar-refractivity contribution in [3.8, 4) is 0 Å². The maximum atomic E-state index is 11.6. The van der Waals surface area contributed by atoms with Crippen LogP contribution in [0.3, 0.4) is 0 Å². The quantitative estimate of drug-likeness (QED) is 0.621. The number of amides is 1. The normalized spacial score (nSPS) is 12.2. The van der Waals surface area contributed by atoms with Crippen molar-refractivity contribution in [3.05, 3.63) is 34.9 Å². The Hall–Kier alpha value is -0.540. The Kier molecular flexibility index (Phi) is 6.60. The van der Waals surface area contributed by atoms with E-state index >= 15 is 0 Å². The lowest BCUT2D eigenvalue weighted by molar-refractivity contribution is -0.121. The molecule has 0 heterocycles. The summed E-state index contributed by atoms with van der Waals surface area (Å²) in [6.07, 6.45) is 2.52. The number of nitrogens with one attached hydrogen (secondary N) is 1. The van der Waals surface area contributed by atoms with Crippen LogP contribution in [0.4, 0.5) is 0 Å². The van der Waals surface area contributed by atoms with Crippen molar-refractivity contribution in [2.24, 2.45) is 0 Å². The van der Waals surface area contributed by atoms with Crippen molar-refractivity contribution in [2.45, 2.75) is 32.2 Å². The minimum Gasteiger partial charge on any atom is -0.350 e. The Morgan fingerprint density at radius 3 is 2.88 bits per heavy atom. The summed E-state index contributed by atoms with van der Waals surface area (Å²) >= 11 is 9.26. The molecule has 1 aromatic carbocycles. The van der Waals surface area contributed by atoms with Crippen molar-refractivity contribution in [1.29, 1.82) is 0 Å². The zero-order valence-corrected chi connectivity index (χ0v) is 12.2. The van der Waals surface area contributed by atoms with Gasteiger partial charge in [-0.25, -0.2) is 0 Å². The third kappa shape index (κ3) is 5.55. The van der Waals surface area contributed by atoms with E-state index in [0.717, 1.165) is 23.7 Å². The Morgan fingerprint density at radius 1 is 1.47 bits per heavy atom. The average Bonchev–Trinajstić information content (AvgIpc) is 2.29. The molecule has 94 valence electrons. The van der Waals surface area contributed by atoms with Crippen LogP contribution in [0.1, 0.15) is 37.8 Å². The van der Waals surface area contributed by atoms with E-state index in [9.17, 15) is 4.79 Å². The van der Waals surface area contributed by atoms with E-state index in [-0.39, 0.29) is 11.9 Å². The van der Waals surface area contributed by atoms with Crippen molar-refractivity contribution in [3.63, 3.8) is 0 Å². The molecule has 0 aliphatic carbocycles. The van der Waals surface area contributed by atoms with Crippen molar-refractivity contribution in [2.75, 3.05) is 5.33 Å². The molecule has 4 heteroatoms. The van der Waals surface area contributed by atoms with Gasteiger partial charge in [-0.05, 0) is 37.5 Å².